The van der Waals surface area contributed by atoms with Crippen molar-refractivity contribution in [2.24, 2.45) is 0 Å². The maximum absolute atomic E-state index is 11.8. The average Bonchev–Trinajstić information content (AvgIpc) is 2.14. The van der Waals surface area contributed by atoms with Gasteiger partial charge >= 0.3 is 0 Å². The summed E-state index contributed by atoms with van der Waals surface area (Å²) in [7, 11) is 0. The number of unbranched alkanes of at least 4 members (excludes halogenated alkanes) is 1. The summed E-state index contributed by atoms with van der Waals surface area (Å²) in [5.74, 6) is 0.127. The molecule has 4 nitrogen and oxygen atoms in total. The Kier molecular flexibility index (Phi) is 5.65. The van der Waals surface area contributed by atoms with E-state index in [1.807, 2.05) is 0 Å². The lowest BCUT2D eigenvalue weighted by Gasteiger charge is -2.37. The summed E-state index contributed by atoms with van der Waals surface area (Å²) in [6.07, 6.45) is 5.26. The quantitative estimate of drug-likeness (QED) is 0.609. The van der Waals surface area contributed by atoms with E-state index in [1.165, 1.54) is 6.42 Å². The number of aliphatic hydroxyl groups is 2. The molecule has 1 rings (SSSR count). The van der Waals surface area contributed by atoms with Crippen molar-refractivity contribution in [3.63, 3.8) is 0 Å². The monoisotopic (exact) mass is 215 g/mol. The molecular formula is C11H21NO3. The van der Waals surface area contributed by atoms with Gasteiger partial charge in [-0.1, -0.05) is 0 Å². The average molecular weight is 215 g/mol. The van der Waals surface area contributed by atoms with E-state index in [0.717, 1.165) is 19.3 Å². The molecule has 0 radical (unpaired) electrons. The van der Waals surface area contributed by atoms with Gasteiger partial charge in [0, 0.05) is 25.6 Å². The van der Waals surface area contributed by atoms with Gasteiger partial charge in [-0.3, -0.25) is 4.79 Å². The molecule has 0 spiro atoms. The Labute approximate surface area is 90.9 Å². The molecule has 1 fully saturated rings. The van der Waals surface area contributed by atoms with E-state index < -0.39 is 0 Å². The minimum Gasteiger partial charge on any atom is -0.396 e. The van der Waals surface area contributed by atoms with Crippen molar-refractivity contribution in [2.45, 2.75) is 44.6 Å². The molecule has 0 aromatic heterocycles. The number of aliphatic hydroxyl groups excluding tert-OH is 2. The molecule has 0 aliphatic heterocycles. The summed E-state index contributed by atoms with van der Waals surface area (Å²) < 4.78 is 0. The van der Waals surface area contributed by atoms with Gasteiger partial charge in [0.2, 0.25) is 5.91 Å². The second-order valence-electron chi connectivity index (χ2n) is 4.08. The van der Waals surface area contributed by atoms with Crippen LogP contribution in [-0.2, 0) is 4.79 Å². The second kappa shape index (κ2) is 6.80. The molecule has 2 N–H and O–H groups in total. The largest absolute Gasteiger partial charge is 0.396 e. The molecule has 0 aromatic carbocycles. The number of rotatable bonds is 7. The molecular weight excluding hydrogens is 194 g/mol. The first-order valence-corrected chi connectivity index (χ1v) is 5.80. The molecule has 88 valence electrons. The highest BCUT2D eigenvalue weighted by molar-refractivity contribution is 5.76. The predicted molar refractivity (Wildman–Crippen MR) is 57.4 cm³/mol. The zero-order chi connectivity index (χ0) is 11.1. The summed E-state index contributed by atoms with van der Waals surface area (Å²) in [6.45, 7) is 0.654. The minimum atomic E-state index is 0.0439. The zero-order valence-corrected chi connectivity index (χ0v) is 9.19. The molecule has 0 unspecified atom stereocenters. The Morgan fingerprint density at radius 1 is 1.20 bits per heavy atom. The molecule has 4 heteroatoms. The molecule has 0 bridgehead atoms. The van der Waals surface area contributed by atoms with E-state index in [4.69, 9.17) is 10.2 Å². The SMILES string of the molecule is O=C(CCCCO)N(CCO)C1CCC1. The molecule has 1 aliphatic rings. The van der Waals surface area contributed by atoms with Gasteiger partial charge in [0.15, 0.2) is 0 Å². The fourth-order valence-corrected chi connectivity index (χ4v) is 1.85. The highest BCUT2D eigenvalue weighted by Crippen LogP contribution is 2.25. The molecule has 1 saturated carbocycles. The van der Waals surface area contributed by atoms with Crippen LogP contribution in [0.15, 0.2) is 0 Å². The number of nitrogens with zero attached hydrogens (tertiary/aromatic N) is 1. The number of carbonyl (C=O) groups excluding carboxylic acids is 1. The Morgan fingerprint density at radius 2 is 1.93 bits per heavy atom. The van der Waals surface area contributed by atoms with Crippen molar-refractivity contribution in [3.8, 4) is 0 Å². The Bertz CT molecular complexity index is 192. The lowest BCUT2D eigenvalue weighted by Crippen LogP contribution is -2.45. The highest BCUT2D eigenvalue weighted by Gasteiger charge is 2.27. The van der Waals surface area contributed by atoms with Crippen LogP contribution >= 0.6 is 0 Å². The minimum absolute atomic E-state index is 0.0439. The Morgan fingerprint density at radius 3 is 2.40 bits per heavy atom. The lowest BCUT2D eigenvalue weighted by atomic mass is 9.91. The zero-order valence-electron chi connectivity index (χ0n) is 9.19. The summed E-state index contributed by atoms with van der Waals surface area (Å²) in [5, 5.41) is 17.5. The summed E-state index contributed by atoms with van der Waals surface area (Å²) in [6, 6.07) is 0.360. The van der Waals surface area contributed by atoms with Gasteiger partial charge in [-0.25, -0.2) is 0 Å². The molecule has 0 heterocycles. The molecule has 0 atom stereocenters. The van der Waals surface area contributed by atoms with E-state index in [2.05, 4.69) is 0 Å². The first kappa shape index (κ1) is 12.5. The topological polar surface area (TPSA) is 60.8 Å². The van der Waals surface area contributed by atoms with Crippen LogP contribution in [0.4, 0.5) is 0 Å². The fraction of sp³-hybridized carbons (Fsp3) is 0.909. The van der Waals surface area contributed by atoms with Gasteiger partial charge in [-0.2, -0.15) is 0 Å². The smallest absolute Gasteiger partial charge is 0.222 e. The molecule has 1 aliphatic carbocycles. The van der Waals surface area contributed by atoms with Crippen LogP contribution in [0.5, 0.6) is 0 Å². The second-order valence-corrected chi connectivity index (χ2v) is 4.08. The van der Waals surface area contributed by atoms with Crippen molar-refractivity contribution < 1.29 is 15.0 Å². The van der Waals surface area contributed by atoms with Gasteiger partial charge in [-0.05, 0) is 32.1 Å². The summed E-state index contributed by atoms with van der Waals surface area (Å²) in [4.78, 5) is 13.6. The Hall–Kier alpha value is -0.610. The van der Waals surface area contributed by atoms with Crippen LogP contribution in [0, 0.1) is 0 Å². The van der Waals surface area contributed by atoms with Crippen LogP contribution in [0.1, 0.15) is 38.5 Å². The van der Waals surface area contributed by atoms with E-state index in [-0.39, 0.29) is 19.1 Å². The van der Waals surface area contributed by atoms with Crippen LogP contribution in [0.2, 0.25) is 0 Å². The van der Waals surface area contributed by atoms with Gasteiger partial charge in [0.05, 0.1) is 6.61 Å². The standard InChI is InChI=1S/C11H21NO3/c13-8-2-1-6-11(15)12(7-9-14)10-4-3-5-10/h10,13-14H,1-9H2. The van der Waals surface area contributed by atoms with E-state index in [1.54, 1.807) is 4.90 Å². The van der Waals surface area contributed by atoms with Crippen molar-refractivity contribution in [1.82, 2.24) is 4.90 Å². The maximum atomic E-state index is 11.8. The van der Waals surface area contributed by atoms with Gasteiger partial charge in [-0.15, -0.1) is 0 Å². The first-order valence-electron chi connectivity index (χ1n) is 5.80. The van der Waals surface area contributed by atoms with Crippen LogP contribution in [0.25, 0.3) is 0 Å². The van der Waals surface area contributed by atoms with Crippen molar-refractivity contribution in [2.75, 3.05) is 19.8 Å². The normalized spacial score (nSPS) is 16.1. The van der Waals surface area contributed by atoms with Crippen LogP contribution < -0.4 is 0 Å². The third kappa shape index (κ3) is 3.80. The highest BCUT2D eigenvalue weighted by atomic mass is 16.3. The van der Waals surface area contributed by atoms with Gasteiger partial charge in [0.1, 0.15) is 0 Å². The number of hydrogen-bond acceptors (Lipinski definition) is 3. The predicted octanol–water partition coefficient (Wildman–Crippen LogP) is 0.522. The fourth-order valence-electron chi connectivity index (χ4n) is 1.85. The van der Waals surface area contributed by atoms with Crippen molar-refractivity contribution >= 4 is 5.91 Å². The molecule has 1 amide bonds. The summed E-state index contributed by atoms with van der Waals surface area (Å²) >= 11 is 0. The molecule has 15 heavy (non-hydrogen) atoms. The van der Waals surface area contributed by atoms with E-state index >= 15 is 0 Å². The van der Waals surface area contributed by atoms with E-state index in [9.17, 15) is 4.79 Å². The van der Waals surface area contributed by atoms with Crippen molar-refractivity contribution in [1.29, 1.82) is 0 Å². The number of hydrogen-bond donors (Lipinski definition) is 2. The summed E-state index contributed by atoms with van der Waals surface area (Å²) in [5.41, 5.74) is 0. The molecule has 0 aromatic rings. The Balaban J connectivity index is 2.29. The lowest BCUT2D eigenvalue weighted by molar-refractivity contribution is -0.136. The van der Waals surface area contributed by atoms with Gasteiger partial charge < -0.3 is 15.1 Å². The molecule has 0 saturated heterocycles. The number of carbonyl (C=O) groups is 1. The van der Waals surface area contributed by atoms with Crippen LogP contribution in [0.3, 0.4) is 0 Å². The maximum Gasteiger partial charge on any atom is 0.222 e. The third-order valence-corrected chi connectivity index (χ3v) is 2.98. The van der Waals surface area contributed by atoms with Crippen molar-refractivity contribution in [3.05, 3.63) is 0 Å². The van der Waals surface area contributed by atoms with E-state index in [0.29, 0.717) is 25.4 Å². The number of amides is 1. The van der Waals surface area contributed by atoms with Crippen LogP contribution in [-0.4, -0.2) is 46.8 Å². The van der Waals surface area contributed by atoms with Gasteiger partial charge in [0.25, 0.3) is 0 Å². The first-order chi connectivity index (χ1) is 7.29. The third-order valence-electron chi connectivity index (χ3n) is 2.98.